The van der Waals surface area contributed by atoms with E-state index in [1.165, 1.54) is 15.6 Å². The molecule has 2 bridgehead atoms. The second-order valence-corrected chi connectivity index (χ2v) is 8.27. The van der Waals surface area contributed by atoms with Crippen LogP contribution in [-0.2, 0) is 13.1 Å². The Labute approximate surface area is 145 Å². The van der Waals surface area contributed by atoms with Crippen molar-refractivity contribution in [1.29, 1.82) is 0 Å². The summed E-state index contributed by atoms with van der Waals surface area (Å²) in [5, 5.41) is 17.6. The predicted octanol–water partition coefficient (Wildman–Crippen LogP) is 2.17. The number of hydrogen-bond acceptors (Lipinski definition) is 5. The number of rotatable bonds is 4. The Morgan fingerprint density at radius 1 is 1.29 bits per heavy atom. The predicted molar refractivity (Wildman–Crippen MR) is 94.1 cm³/mol. The van der Waals surface area contributed by atoms with Crippen molar-refractivity contribution in [1.82, 2.24) is 14.7 Å². The second kappa shape index (κ2) is 6.10. The van der Waals surface area contributed by atoms with Gasteiger partial charge in [-0.2, -0.15) is 5.10 Å². The molecule has 2 saturated heterocycles. The fourth-order valence-electron chi connectivity index (χ4n) is 4.33. The molecule has 24 heavy (non-hydrogen) atoms. The molecule has 0 spiro atoms. The van der Waals surface area contributed by atoms with Crippen LogP contribution < -0.4 is 5.56 Å². The molecule has 5 nitrogen and oxygen atoms in total. The van der Waals surface area contributed by atoms with Crippen LogP contribution >= 0.6 is 11.3 Å². The highest BCUT2D eigenvalue weighted by molar-refractivity contribution is 7.09. The molecule has 2 fully saturated rings. The lowest BCUT2D eigenvalue weighted by Crippen LogP contribution is -2.53. The molecule has 2 aliphatic rings. The van der Waals surface area contributed by atoms with Gasteiger partial charge in [0.2, 0.25) is 0 Å². The highest BCUT2D eigenvalue weighted by Gasteiger charge is 2.47. The maximum Gasteiger partial charge on any atom is 0.266 e. The van der Waals surface area contributed by atoms with Crippen molar-refractivity contribution in [3.05, 3.63) is 50.6 Å². The molecule has 2 atom stereocenters. The van der Waals surface area contributed by atoms with Crippen LogP contribution in [-0.4, -0.2) is 37.5 Å². The van der Waals surface area contributed by atoms with E-state index in [9.17, 15) is 9.90 Å². The molecule has 0 aliphatic carbocycles. The molecule has 4 rings (SSSR count). The lowest BCUT2D eigenvalue weighted by atomic mass is 9.86. The van der Waals surface area contributed by atoms with E-state index in [2.05, 4.69) is 27.5 Å². The zero-order valence-corrected chi connectivity index (χ0v) is 14.7. The van der Waals surface area contributed by atoms with Gasteiger partial charge in [0.05, 0.1) is 17.8 Å². The third-order valence-corrected chi connectivity index (χ3v) is 6.23. The fraction of sp³-hybridized carbons (Fsp3) is 0.556. The van der Waals surface area contributed by atoms with E-state index >= 15 is 0 Å². The van der Waals surface area contributed by atoms with Crippen LogP contribution in [0.1, 0.15) is 36.3 Å². The smallest absolute Gasteiger partial charge is 0.266 e. The number of thiophene rings is 1. The summed E-state index contributed by atoms with van der Waals surface area (Å²) in [4.78, 5) is 16.0. The van der Waals surface area contributed by atoms with Crippen molar-refractivity contribution in [2.24, 2.45) is 0 Å². The summed E-state index contributed by atoms with van der Waals surface area (Å²) in [7, 11) is 0. The third-order valence-electron chi connectivity index (χ3n) is 5.36. The normalized spacial score (nSPS) is 29.9. The van der Waals surface area contributed by atoms with Gasteiger partial charge in [-0.25, -0.2) is 4.68 Å². The van der Waals surface area contributed by atoms with Gasteiger partial charge in [0, 0.05) is 29.6 Å². The molecule has 1 N–H and O–H groups in total. The molecule has 4 heterocycles. The summed E-state index contributed by atoms with van der Waals surface area (Å²) in [5.41, 5.74) is -0.165. The largest absolute Gasteiger partial charge is 0.388 e. The Bertz CT molecular complexity index is 757. The minimum atomic E-state index is -0.831. The maximum absolute atomic E-state index is 12.0. The van der Waals surface area contributed by atoms with Gasteiger partial charge >= 0.3 is 0 Å². The van der Waals surface area contributed by atoms with Crippen molar-refractivity contribution in [2.75, 3.05) is 0 Å². The molecule has 0 aromatic carbocycles. The molecule has 6 heteroatoms. The first-order valence-electron chi connectivity index (χ1n) is 8.58. The molecule has 0 radical (unpaired) electrons. The summed E-state index contributed by atoms with van der Waals surface area (Å²) >= 11 is 1.79. The number of aliphatic hydroxyl groups is 1. The van der Waals surface area contributed by atoms with E-state index in [1.807, 2.05) is 6.92 Å². The summed E-state index contributed by atoms with van der Waals surface area (Å²) in [6.07, 6.45) is 3.71. The molecule has 0 unspecified atom stereocenters. The average Bonchev–Trinajstić information content (AvgIpc) is 3.12. The highest BCUT2D eigenvalue weighted by atomic mass is 32.1. The number of hydrogen-bond donors (Lipinski definition) is 1. The van der Waals surface area contributed by atoms with Crippen molar-refractivity contribution in [3.63, 3.8) is 0 Å². The molecule has 0 amide bonds. The molecular weight excluding hydrogens is 322 g/mol. The van der Waals surface area contributed by atoms with Crippen LogP contribution in [0.4, 0.5) is 0 Å². The van der Waals surface area contributed by atoms with Gasteiger partial charge in [-0.05, 0) is 50.1 Å². The number of aromatic nitrogens is 2. The Kier molecular flexibility index (Phi) is 4.06. The molecule has 128 valence electrons. The summed E-state index contributed by atoms with van der Waals surface area (Å²) < 4.78 is 1.43. The van der Waals surface area contributed by atoms with E-state index in [1.54, 1.807) is 17.4 Å². The maximum atomic E-state index is 12.0. The van der Waals surface area contributed by atoms with E-state index in [0.717, 1.165) is 37.9 Å². The number of piperidine rings is 1. The molecule has 2 aromatic rings. The average molecular weight is 345 g/mol. The minimum Gasteiger partial charge on any atom is -0.388 e. The first kappa shape index (κ1) is 16.0. The summed E-state index contributed by atoms with van der Waals surface area (Å²) in [6, 6.07) is 8.33. The molecule has 2 aliphatic heterocycles. The van der Waals surface area contributed by atoms with Crippen molar-refractivity contribution < 1.29 is 5.11 Å². The lowest BCUT2D eigenvalue weighted by molar-refractivity contribution is -0.0675. The van der Waals surface area contributed by atoms with Gasteiger partial charge in [-0.3, -0.25) is 9.69 Å². The number of fused-ring (bicyclic) bond motifs is 2. The molecular formula is C18H23N3O2S. The monoisotopic (exact) mass is 345 g/mol. The lowest BCUT2D eigenvalue weighted by Gasteiger charge is -2.43. The van der Waals surface area contributed by atoms with Crippen LogP contribution in [0.3, 0.4) is 0 Å². The summed E-state index contributed by atoms with van der Waals surface area (Å²) in [6.45, 7) is 3.15. The highest BCUT2D eigenvalue weighted by Crippen LogP contribution is 2.42. The Morgan fingerprint density at radius 2 is 2.04 bits per heavy atom. The van der Waals surface area contributed by atoms with E-state index in [4.69, 9.17) is 0 Å². The van der Waals surface area contributed by atoms with Gasteiger partial charge in [0.15, 0.2) is 0 Å². The SMILES string of the molecule is Cc1ccc(=O)n(CC2(O)C[C@H]3CC[C@H](C2)N3Cc2cccs2)n1. The van der Waals surface area contributed by atoms with Crippen molar-refractivity contribution in [3.8, 4) is 0 Å². The Hall–Kier alpha value is -1.50. The van der Waals surface area contributed by atoms with E-state index in [0.29, 0.717) is 18.6 Å². The Balaban J connectivity index is 1.51. The first-order chi connectivity index (χ1) is 11.5. The standard InChI is InChI=1S/C18H23N3O2S/c1-13-4-7-17(22)21(19-13)12-18(23)9-14-5-6-15(10-18)20(14)11-16-3-2-8-24-16/h2-4,7-8,14-15,23H,5-6,9-12H2,1H3/t14-,15-/m1/s1. The zero-order valence-electron chi connectivity index (χ0n) is 13.9. The van der Waals surface area contributed by atoms with E-state index in [-0.39, 0.29) is 5.56 Å². The van der Waals surface area contributed by atoms with Gasteiger partial charge < -0.3 is 5.11 Å². The van der Waals surface area contributed by atoms with Gasteiger partial charge in [0.1, 0.15) is 0 Å². The zero-order chi connectivity index (χ0) is 16.7. The minimum absolute atomic E-state index is 0.137. The van der Waals surface area contributed by atoms with E-state index < -0.39 is 5.60 Å². The van der Waals surface area contributed by atoms with Crippen molar-refractivity contribution in [2.45, 2.75) is 63.4 Å². The topological polar surface area (TPSA) is 58.4 Å². The third kappa shape index (κ3) is 3.06. The van der Waals surface area contributed by atoms with Gasteiger partial charge in [0.25, 0.3) is 5.56 Å². The Morgan fingerprint density at radius 3 is 2.71 bits per heavy atom. The van der Waals surface area contributed by atoms with Crippen LogP contribution in [0.15, 0.2) is 34.4 Å². The van der Waals surface area contributed by atoms with Crippen molar-refractivity contribution >= 4 is 11.3 Å². The first-order valence-corrected chi connectivity index (χ1v) is 9.46. The van der Waals surface area contributed by atoms with Crippen LogP contribution in [0, 0.1) is 6.92 Å². The quantitative estimate of drug-likeness (QED) is 0.923. The summed E-state index contributed by atoms with van der Waals surface area (Å²) in [5.74, 6) is 0. The van der Waals surface area contributed by atoms with Gasteiger partial charge in [-0.1, -0.05) is 6.07 Å². The van der Waals surface area contributed by atoms with Crippen LogP contribution in [0.25, 0.3) is 0 Å². The number of nitrogens with zero attached hydrogens (tertiary/aromatic N) is 3. The van der Waals surface area contributed by atoms with Crippen LogP contribution in [0.5, 0.6) is 0 Å². The molecule has 0 saturated carbocycles. The van der Waals surface area contributed by atoms with Crippen LogP contribution in [0.2, 0.25) is 0 Å². The number of aryl methyl sites for hydroxylation is 1. The molecule has 2 aromatic heterocycles. The van der Waals surface area contributed by atoms with Gasteiger partial charge in [-0.15, -0.1) is 11.3 Å². The second-order valence-electron chi connectivity index (χ2n) is 7.24. The fourth-order valence-corrected chi connectivity index (χ4v) is 5.04.